The molecule has 4 rings (SSSR count). The molecule has 1 unspecified atom stereocenters. The standard InChI is InChI=1S/C25H28ClN5O2/c1-16-14-30(7-8-31(16)24(32)9-18-3-4-18)15-20-10-21(26)12-23(17(20)2)29-25(33)19-5-6-28-22(11-19)13-27/h5-6,10-12,16,18H,3-4,7-9,14-15H2,1-2H3,(H,29,33). The summed E-state index contributed by atoms with van der Waals surface area (Å²) in [7, 11) is 0. The molecule has 2 fully saturated rings. The van der Waals surface area contributed by atoms with Crippen molar-refractivity contribution in [2.24, 2.45) is 5.92 Å². The fourth-order valence-corrected chi connectivity index (χ4v) is 4.57. The van der Waals surface area contributed by atoms with Crippen LogP contribution in [0.4, 0.5) is 5.69 Å². The SMILES string of the molecule is Cc1c(CN2CCN(C(=O)CC3CC3)C(C)C2)cc(Cl)cc1NC(=O)c1ccnc(C#N)c1. The highest BCUT2D eigenvalue weighted by Crippen LogP contribution is 2.33. The van der Waals surface area contributed by atoms with Gasteiger partial charge in [-0.1, -0.05) is 11.6 Å². The highest BCUT2D eigenvalue weighted by Gasteiger charge is 2.32. The zero-order valence-corrected chi connectivity index (χ0v) is 19.7. The van der Waals surface area contributed by atoms with Gasteiger partial charge in [0.1, 0.15) is 11.8 Å². The summed E-state index contributed by atoms with van der Waals surface area (Å²) in [6.07, 6.45) is 4.51. The molecule has 172 valence electrons. The number of anilines is 1. The second kappa shape index (κ2) is 9.90. The molecule has 1 aromatic heterocycles. The zero-order valence-electron chi connectivity index (χ0n) is 19.0. The maximum atomic E-state index is 12.7. The van der Waals surface area contributed by atoms with Gasteiger partial charge in [-0.3, -0.25) is 14.5 Å². The number of hydrogen-bond acceptors (Lipinski definition) is 5. The number of pyridine rings is 1. The summed E-state index contributed by atoms with van der Waals surface area (Å²) < 4.78 is 0. The van der Waals surface area contributed by atoms with Gasteiger partial charge in [0.05, 0.1) is 0 Å². The fourth-order valence-electron chi connectivity index (χ4n) is 4.33. The third-order valence-corrected chi connectivity index (χ3v) is 6.67. The molecule has 1 aliphatic carbocycles. The average Bonchev–Trinajstić information content (AvgIpc) is 3.61. The van der Waals surface area contributed by atoms with E-state index in [-0.39, 0.29) is 23.6 Å². The number of hydrogen-bond donors (Lipinski definition) is 1. The molecule has 2 aromatic rings. The second-order valence-electron chi connectivity index (χ2n) is 9.05. The summed E-state index contributed by atoms with van der Waals surface area (Å²) >= 11 is 6.39. The Balaban J connectivity index is 1.43. The van der Waals surface area contributed by atoms with Crippen LogP contribution in [0, 0.1) is 24.2 Å². The molecule has 1 atom stereocenters. The van der Waals surface area contributed by atoms with Crippen LogP contribution >= 0.6 is 11.6 Å². The van der Waals surface area contributed by atoms with Crippen molar-refractivity contribution >= 4 is 29.1 Å². The minimum atomic E-state index is -0.318. The number of piperazine rings is 1. The predicted molar refractivity (Wildman–Crippen MR) is 127 cm³/mol. The van der Waals surface area contributed by atoms with Crippen molar-refractivity contribution in [1.82, 2.24) is 14.8 Å². The number of benzene rings is 1. The van der Waals surface area contributed by atoms with Crippen LogP contribution in [0.3, 0.4) is 0 Å². The van der Waals surface area contributed by atoms with Crippen LogP contribution in [-0.4, -0.2) is 52.3 Å². The summed E-state index contributed by atoms with van der Waals surface area (Å²) in [4.78, 5) is 33.5. The summed E-state index contributed by atoms with van der Waals surface area (Å²) in [5, 5.41) is 12.5. The molecule has 0 bridgehead atoms. The Morgan fingerprint density at radius 3 is 2.76 bits per heavy atom. The van der Waals surface area contributed by atoms with E-state index in [1.807, 2.05) is 24.0 Å². The Morgan fingerprint density at radius 1 is 1.27 bits per heavy atom. The molecule has 33 heavy (non-hydrogen) atoms. The van der Waals surface area contributed by atoms with Crippen LogP contribution in [0.2, 0.25) is 5.02 Å². The molecule has 8 heteroatoms. The Kier molecular flexibility index (Phi) is 6.96. The van der Waals surface area contributed by atoms with Gasteiger partial charge in [-0.05, 0) is 68.0 Å². The quantitative estimate of drug-likeness (QED) is 0.696. The van der Waals surface area contributed by atoms with Gasteiger partial charge in [0.2, 0.25) is 5.91 Å². The van der Waals surface area contributed by atoms with E-state index in [1.165, 1.54) is 25.1 Å². The van der Waals surface area contributed by atoms with E-state index in [4.69, 9.17) is 16.9 Å². The molecule has 1 saturated carbocycles. The molecule has 2 heterocycles. The summed E-state index contributed by atoms with van der Waals surface area (Å²) in [6, 6.07) is 8.82. The lowest BCUT2D eigenvalue weighted by Crippen LogP contribution is -2.53. The van der Waals surface area contributed by atoms with Gasteiger partial charge in [0, 0.05) is 61.1 Å². The van der Waals surface area contributed by atoms with E-state index >= 15 is 0 Å². The predicted octanol–water partition coefficient (Wildman–Crippen LogP) is 4.00. The minimum absolute atomic E-state index is 0.171. The first-order valence-corrected chi connectivity index (χ1v) is 11.7. The Hall–Kier alpha value is -2.95. The number of amides is 2. The molecule has 7 nitrogen and oxygen atoms in total. The topological polar surface area (TPSA) is 89.3 Å². The van der Waals surface area contributed by atoms with E-state index in [2.05, 4.69) is 22.1 Å². The number of carbonyl (C=O) groups is 2. The second-order valence-corrected chi connectivity index (χ2v) is 9.49. The van der Waals surface area contributed by atoms with Crippen molar-refractivity contribution in [3.63, 3.8) is 0 Å². The molecule has 1 saturated heterocycles. The smallest absolute Gasteiger partial charge is 0.255 e. The minimum Gasteiger partial charge on any atom is -0.337 e. The first-order valence-electron chi connectivity index (χ1n) is 11.3. The number of nitrogens with zero attached hydrogens (tertiary/aromatic N) is 4. The summed E-state index contributed by atoms with van der Waals surface area (Å²) in [5.41, 5.74) is 3.18. The van der Waals surface area contributed by atoms with Crippen molar-refractivity contribution in [2.75, 3.05) is 25.0 Å². The highest BCUT2D eigenvalue weighted by molar-refractivity contribution is 6.31. The van der Waals surface area contributed by atoms with Gasteiger partial charge in [-0.25, -0.2) is 4.98 Å². The van der Waals surface area contributed by atoms with Crippen LogP contribution < -0.4 is 5.32 Å². The average molecular weight is 466 g/mol. The number of carbonyl (C=O) groups excluding carboxylic acids is 2. The molecule has 1 aromatic carbocycles. The number of nitrogens with one attached hydrogen (secondary N) is 1. The van der Waals surface area contributed by atoms with Crippen LogP contribution in [0.25, 0.3) is 0 Å². The monoisotopic (exact) mass is 465 g/mol. The summed E-state index contributed by atoms with van der Waals surface area (Å²) in [5.74, 6) is 0.565. The first kappa shape index (κ1) is 23.2. The van der Waals surface area contributed by atoms with E-state index in [0.717, 1.165) is 30.8 Å². The first-order chi connectivity index (χ1) is 15.8. The van der Waals surface area contributed by atoms with Crippen LogP contribution in [-0.2, 0) is 11.3 Å². The zero-order chi connectivity index (χ0) is 23.5. The number of rotatable bonds is 6. The lowest BCUT2D eigenvalue weighted by molar-refractivity contribution is -0.136. The Morgan fingerprint density at radius 2 is 2.06 bits per heavy atom. The molecule has 0 radical (unpaired) electrons. The largest absolute Gasteiger partial charge is 0.337 e. The lowest BCUT2D eigenvalue weighted by Gasteiger charge is -2.40. The van der Waals surface area contributed by atoms with Gasteiger partial charge in [-0.15, -0.1) is 0 Å². The molecule has 2 amide bonds. The molecular formula is C25H28ClN5O2. The van der Waals surface area contributed by atoms with Crippen LogP contribution in [0.1, 0.15) is 53.4 Å². The van der Waals surface area contributed by atoms with Gasteiger partial charge in [0.15, 0.2) is 0 Å². The Bertz CT molecular complexity index is 1110. The lowest BCUT2D eigenvalue weighted by atomic mass is 10.0. The van der Waals surface area contributed by atoms with Crippen molar-refractivity contribution in [1.29, 1.82) is 5.26 Å². The van der Waals surface area contributed by atoms with E-state index in [1.54, 1.807) is 12.1 Å². The number of nitriles is 1. The van der Waals surface area contributed by atoms with E-state index < -0.39 is 0 Å². The van der Waals surface area contributed by atoms with E-state index in [0.29, 0.717) is 35.2 Å². The van der Waals surface area contributed by atoms with Gasteiger partial charge in [-0.2, -0.15) is 5.26 Å². The Labute approximate surface area is 199 Å². The van der Waals surface area contributed by atoms with Crippen molar-refractivity contribution in [3.8, 4) is 6.07 Å². The number of aromatic nitrogens is 1. The molecule has 2 aliphatic rings. The normalized spacial score (nSPS) is 18.6. The van der Waals surface area contributed by atoms with E-state index in [9.17, 15) is 9.59 Å². The third kappa shape index (κ3) is 5.70. The molecule has 0 spiro atoms. The van der Waals surface area contributed by atoms with Gasteiger partial charge < -0.3 is 10.2 Å². The van der Waals surface area contributed by atoms with Crippen LogP contribution in [0.15, 0.2) is 30.5 Å². The molecule has 1 aliphatic heterocycles. The van der Waals surface area contributed by atoms with Crippen LogP contribution in [0.5, 0.6) is 0 Å². The van der Waals surface area contributed by atoms with Gasteiger partial charge in [0.25, 0.3) is 5.91 Å². The van der Waals surface area contributed by atoms with Crippen molar-refractivity contribution < 1.29 is 9.59 Å². The summed E-state index contributed by atoms with van der Waals surface area (Å²) in [6.45, 7) is 7.11. The fraction of sp³-hybridized carbons (Fsp3) is 0.440. The highest BCUT2D eigenvalue weighted by atomic mass is 35.5. The van der Waals surface area contributed by atoms with Crippen molar-refractivity contribution in [3.05, 3.63) is 57.9 Å². The third-order valence-electron chi connectivity index (χ3n) is 6.45. The van der Waals surface area contributed by atoms with Crippen molar-refractivity contribution in [2.45, 2.75) is 45.7 Å². The number of halogens is 1. The van der Waals surface area contributed by atoms with Gasteiger partial charge >= 0.3 is 0 Å². The maximum Gasteiger partial charge on any atom is 0.255 e. The molecule has 1 N–H and O–H groups in total. The maximum absolute atomic E-state index is 12.7. The molecular weight excluding hydrogens is 438 g/mol.